The zero-order valence-electron chi connectivity index (χ0n) is 12.4. The molecule has 0 aliphatic rings. The molecule has 124 valence electrons. The zero-order chi connectivity index (χ0) is 17.7. The van der Waals surface area contributed by atoms with Gasteiger partial charge in [0.25, 0.3) is 0 Å². The first-order valence-corrected chi connectivity index (χ1v) is 7.86. The van der Waals surface area contributed by atoms with E-state index in [4.69, 9.17) is 34.8 Å². The summed E-state index contributed by atoms with van der Waals surface area (Å²) in [7, 11) is 0. The summed E-state index contributed by atoms with van der Waals surface area (Å²) in [4.78, 5) is 23.5. The van der Waals surface area contributed by atoms with E-state index in [1.54, 1.807) is 43.3 Å². The van der Waals surface area contributed by atoms with E-state index in [1.165, 1.54) is 6.21 Å². The summed E-state index contributed by atoms with van der Waals surface area (Å²) in [6, 6.07) is 9.75. The Kier molecular flexibility index (Phi) is 6.20. The van der Waals surface area contributed by atoms with Crippen molar-refractivity contribution in [2.45, 2.75) is 6.92 Å². The van der Waals surface area contributed by atoms with Gasteiger partial charge in [0.15, 0.2) is 0 Å². The van der Waals surface area contributed by atoms with Crippen molar-refractivity contribution in [3.05, 3.63) is 62.6 Å². The van der Waals surface area contributed by atoms with E-state index in [2.05, 4.69) is 15.8 Å². The number of amides is 2. The van der Waals surface area contributed by atoms with Gasteiger partial charge in [-0.2, -0.15) is 5.10 Å². The molecule has 0 radical (unpaired) electrons. The number of hydrazone groups is 1. The first-order valence-electron chi connectivity index (χ1n) is 6.72. The number of carbonyl (C=O) groups excluding carboxylic acids is 2. The van der Waals surface area contributed by atoms with Crippen molar-refractivity contribution in [2.24, 2.45) is 5.10 Å². The van der Waals surface area contributed by atoms with Gasteiger partial charge in [0.05, 0.1) is 16.3 Å². The molecule has 0 heterocycles. The summed E-state index contributed by atoms with van der Waals surface area (Å²) < 4.78 is 0. The fraction of sp³-hybridized carbons (Fsp3) is 0.0625. The lowest BCUT2D eigenvalue weighted by Crippen LogP contribution is -2.32. The first-order chi connectivity index (χ1) is 11.4. The Morgan fingerprint density at radius 2 is 1.75 bits per heavy atom. The molecule has 5 nitrogen and oxygen atoms in total. The number of carbonyl (C=O) groups is 2. The standard InChI is InChI=1S/C16H12Cl3N3O2/c1-9-6-11(17)3-5-14(9)21-15(23)16(24)22-20-8-10-2-4-12(18)13(19)7-10/h2-8H,1H3,(H,21,23)(H,22,24)/b20-8-. The van der Waals surface area contributed by atoms with Gasteiger partial charge in [-0.3, -0.25) is 9.59 Å². The minimum atomic E-state index is -0.902. The number of hydrogen-bond acceptors (Lipinski definition) is 3. The summed E-state index contributed by atoms with van der Waals surface area (Å²) in [5.74, 6) is -1.74. The minimum absolute atomic E-state index is 0.364. The molecule has 2 aromatic rings. The molecule has 0 atom stereocenters. The van der Waals surface area contributed by atoms with Gasteiger partial charge in [0.1, 0.15) is 0 Å². The second kappa shape index (κ2) is 8.15. The Labute approximate surface area is 153 Å². The Morgan fingerprint density at radius 3 is 2.42 bits per heavy atom. The SMILES string of the molecule is Cc1cc(Cl)ccc1NC(=O)C(=O)N/N=C\c1ccc(Cl)c(Cl)c1. The molecule has 0 aromatic heterocycles. The van der Waals surface area contributed by atoms with Crippen LogP contribution in [0.15, 0.2) is 41.5 Å². The van der Waals surface area contributed by atoms with Gasteiger partial charge in [-0.15, -0.1) is 0 Å². The Balaban J connectivity index is 1.95. The number of anilines is 1. The van der Waals surface area contributed by atoms with E-state index in [-0.39, 0.29) is 0 Å². The highest BCUT2D eigenvalue weighted by Crippen LogP contribution is 2.22. The molecule has 8 heteroatoms. The fourth-order valence-corrected chi connectivity index (χ4v) is 2.29. The molecule has 0 bridgehead atoms. The second-order valence-electron chi connectivity index (χ2n) is 4.79. The lowest BCUT2D eigenvalue weighted by atomic mass is 10.2. The van der Waals surface area contributed by atoms with Crippen molar-refractivity contribution in [1.29, 1.82) is 0 Å². The quantitative estimate of drug-likeness (QED) is 0.476. The van der Waals surface area contributed by atoms with Crippen LogP contribution >= 0.6 is 34.8 Å². The molecule has 2 amide bonds. The average Bonchev–Trinajstić information content (AvgIpc) is 2.53. The summed E-state index contributed by atoms with van der Waals surface area (Å²) in [5.41, 5.74) is 3.99. The second-order valence-corrected chi connectivity index (χ2v) is 6.04. The van der Waals surface area contributed by atoms with Crippen LogP contribution in [-0.2, 0) is 9.59 Å². The number of benzene rings is 2. The third kappa shape index (κ3) is 4.96. The lowest BCUT2D eigenvalue weighted by molar-refractivity contribution is -0.136. The number of rotatable bonds is 3. The Hall–Kier alpha value is -2.08. The van der Waals surface area contributed by atoms with E-state index >= 15 is 0 Å². The molecule has 0 saturated carbocycles. The van der Waals surface area contributed by atoms with Crippen molar-refractivity contribution in [2.75, 3.05) is 5.32 Å². The van der Waals surface area contributed by atoms with Crippen molar-refractivity contribution in [3.63, 3.8) is 0 Å². The number of halogens is 3. The van der Waals surface area contributed by atoms with E-state index in [1.807, 2.05) is 0 Å². The summed E-state index contributed by atoms with van der Waals surface area (Å²) in [6.45, 7) is 1.77. The first kappa shape index (κ1) is 18.3. The van der Waals surface area contributed by atoms with Crippen LogP contribution in [0, 0.1) is 6.92 Å². The van der Waals surface area contributed by atoms with Crippen molar-refractivity contribution >= 4 is 58.5 Å². The van der Waals surface area contributed by atoms with Crippen LogP contribution in [0.5, 0.6) is 0 Å². The minimum Gasteiger partial charge on any atom is -0.317 e. The maximum atomic E-state index is 11.8. The Morgan fingerprint density at radius 1 is 1.00 bits per heavy atom. The van der Waals surface area contributed by atoms with E-state index in [0.717, 1.165) is 5.56 Å². The van der Waals surface area contributed by atoms with E-state index in [0.29, 0.717) is 26.3 Å². The van der Waals surface area contributed by atoms with Crippen molar-refractivity contribution < 1.29 is 9.59 Å². The summed E-state index contributed by atoms with van der Waals surface area (Å²) >= 11 is 17.5. The lowest BCUT2D eigenvalue weighted by Gasteiger charge is -2.07. The smallest absolute Gasteiger partial charge is 0.317 e. The molecule has 0 aliphatic heterocycles. The molecular formula is C16H12Cl3N3O2. The highest BCUT2D eigenvalue weighted by atomic mass is 35.5. The fourth-order valence-electron chi connectivity index (χ4n) is 1.76. The molecule has 2 rings (SSSR count). The van der Waals surface area contributed by atoms with Crippen LogP contribution in [-0.4, -0.2) is 18.0 Å². The van der Waals surface area contributed by atoms with Crippen LogP contribution < -0.4 is 10.7 Å². The third-order valence-electron chi connectivity index (χ3n) is 2.97. The molecular weight excluding hydrogens is 373 g/mol. The maximum absolute atomic E-state index is 11.8. The average molecular weight is 385 g/mol. The molecule has 0 aliphatic carbocycles. The molecule has 0 fully saturated rings. The van der Waals surface area contributed by atoms with Crippen LogP contribution in [0.3, 0.4) is 0 Å². The molecule has 0 saturated heterocycles. The Bertz CT molecular complexity index is 822. The third-order valence-corrected chi connectivity index (χ3v) is 3.94. The van der Waals surface area contributed by atoms with Gasteiger partial charge in [-0.25, -0.2) is 5.43 Å². The predicted molar refractivity (Wildman–Crippen MR) is 97.0 cm³/mol. The van der Waals surface area contributed by atoms with Crippen LogP contribution in [0.4, 0.5) is 5.69 Å². The largest absolute Gasteiger partial charge is 0.329 e. The highest BCUT2D eigenvalue weighted by Gasteiger charge is 2.14. The maximum Gasteiger partial charge on any atom is 0.329 e. The summed E-state index contributed by atoms with van der Waals surface area (Å²) in [6.07, 6.45) is 1.35. The van der Waals surface area contributed by atoms with E-state index in [9.17, 15) is 9.59 Å². The zero-order valence-corrected chi connectivity index (χ0v) is 14.7. The topological polar surface area (TPSA) is 70.6 Å². The number of aryl methyl sites for hydroxylation is 1. The summed E-state index contributed by atoms with van der Waals surface area (Å²) in [5, 5.41) is 7.50. The molecule has 0 unspecified atom stereocenters. The van der Waals surface area contributed by atoms with Crippen molar-refractivity contribution in [3.8, 4) is 0 Å². The van der Waals surface area contributed by atoms with Crippen LogP contribution in [0.2, 0.25) is 15.1 Å². The van der Waals surface area contributed by atoms with Crippen molar-refractivity contribution in [1.82, 2.24) is 5.43 Å². The van der Waals surface area contributed by atoms with Gasteiger partial charge in [0.2, 0.25) is 0 Å². The van der Waals surface area contributed by atoms with Gasteiger partial charge in [-0.05, 0) is 48.4 Å². The monoisotopic (exact) mass is 383 g/mol. The predicted octanol–water partition coefficient (Wildman–Crippen LogP) is 4.04. The van der Waals surface area contributed by atoms with Crippen LogP contribution in [0.1, 0.15) is 11.1 Å². The van der Waals surface area contributed by atoms with E-state index < -0.39 is 11.8 Å². The van der Waals surface area contributed by atoms with Gasteiger partial charge in [0, 0.05) is 10.7 Å². The number of hydrogen-bond donors (Lipinski definition) is 2. The van der Waals surface area contributed by atoms with Gasteiger partial charge < -0.3 is 5.32 Å². The van der Waals surface area contributed by atoms with Gasteiger partial charge >= 0.3 is 11.8 Å². The molecule has 2 aromatic carbocycles. The normalized spacial score (nSPS) is 10.7. The number of nitrogens with one attached hydrogen (secondary N) is 2. The molecule has 0 spiro atoms. The van der Waals surface area contributed by atoms with Crippen LogP contribution in [0.25, 0.3) is 0 Å². The van der Waals surface area contributed by atoms with Gasteiger partial charge in [-0.1, -0.05) is 40.9 Å². The number of nitrogens with zero attached hydrogens (tertiary/aromatic N) is 1. The molecule has 24 heavy (non-hydrogen) atoms. The highest BCUT2D eigenvalue weighted by molar-refractivity contribution is 6.42. The molecule has 2 N–H and O–H groups in total.